The number of hydrogen-bond acceptors (Lipinski definition) is 6. The lowest BCUT2D eigenvalue weighted by Gasteiger charge is -2.24. The Hall–Kier alpha value is -2.87. The first-order valence-corrected chi connectivity index (χ1v) is 12.1. The second-order valence-corrected chi connectivity index (χ2v) is 9.58. The Bertz CT molecular complexity index is 1490. The normalized spacial score (nSPS) is 15.7. The highest BCUT2D eigenvalue weighted by Crippen LogP contribution is 2.33. The summed E-state index contributed by atoms with van der Waals surface area (Å²) in [5, 5.41) is 0.759. The molecule has 2 heterocycles. The molecule has 0 fully saturated rings. The number of nitrogens with zero attached hydrogens (tertiary/aromatic N) is 2. The van der Waals surface area contributed by atoms with Crippen molar-refractivity contribution in [3.63, 3.8) is 0 Å². The highest BCUT2D eigenvalue weighted by molar-refractivity contribution is 7.07. The van der Waals surface area contributed by atoms with Gasteiger partial charge in [0.15, 0.2) is 4.80 Å². The van der Waals surface area contributed by atoms with E-state index in [0.717, 1.165) is 11.1 Å². The van der Waals surface area contributed by atoms with Gasteiger partial charge in [-0.05, 0) is 44.5 Å². The number of aromatic nitrogens is 1. The summed E-state index contributed by atoms with van der Waals surface area (Å²) in [6.45, 7) is 5.69. The molecule has 34 heavy (non-hydrogen) atoms. The van der Waals surface area contributed by atoms with Gasteiger partial charge in [0.1, 0.15) is 5.75 Å². The van der Waals surface area contributed by atoms with Crippen molar-refractivity contribution in [2.45, 2.75) is 26.8 Å². The van der Waals surface area contributed by atoms with Crippen molar-refractivity contribution in [1.82, 2.24) is 4.57 Å². The third-order valence-electron chi connectivity index (χ3n) is 5.44. The van der Waals surface area contributed by atoms with Crippen molar-refractivity contribution >= 4 is 46.6 Å². The summed E-state index contributed by atoms with van der Waals surface area (Å²) >= 11 is 13.7. The van der Waals surface area contributed by atoms with Crippen LogP contribution in [0, 0.1) is 6.92 Å². The topological polar surface area (TPSA) is 69.9 Å². The fourth-order valence-corrected chi connectivity index (χ4v) is 5.52. The summed E-state index contributed by atoms with van der Waals surface area (Å²) in [6, 6.07) is 10.3. The van der Waals surface area contributed by atoms with Gasteiger partial charge in [-0.25, -0.2) is 9.79 Å². The fraction of sp³-hybridized carbons (Fsp3) is 0.240. The Morgan fingerprint density at radius 3 is 2.56 bits per heavy atom. The molecule has 0 aliphatic carbocycles. The van der Waals surface area contributed by atoms with E-state index in [4.69, 9.17) is 32.7 Å². The third-order valence-corrected chi connectivity index (χ3v) is 6.92. The average molecular weight is 517 g/mol. The Labute approximate surface area is 210 Å². The number of ether oxygens (including phenoxy) is 2. The number of carbonyl (C=O) groups excluding carboxylic acids is 1. The van der Waals surface area contributed by atoms with Crippen LogP contribution >= 0.6 is 34.5 Å². The average Bonchev–Trinajstić information content (AvgIpc) is 3.08. The molecule has 1 aromatic heterocycles. The summed E-state index contributed by atoms with van der Waals surface area (Å²) in [5.41, 5.74) is 2.99. The molecular formula is C25H22Cl2N2O4S. The lowest BCUT2D eigenvalue weighted by atomic mass is 9.95. The molecule has 1 aliphatic rings. The minimum absolute atomic E-state index is 0.218. The quantitative estimate of drug-likeness (QED) is 0.470. The summed E-state index contributed by atoms with van der Waals surface area (Å²) in [4.78, 5) is 31.7. The summed E-state index contributed by atoms with van der Waals surface area (Å²) in [6.07, 6.45) is 1.68. The zero-order chi connectivity index (χ0) is 24.6. The number of rotatable bonds is 5. The number of aryl methyl sites for hydroxylation is 1. The van der Waals surface area contributed by atoms with E-state index in [2.05, 4.69) is 4.99 Å². The highest BCUT2D eigenvalue weighted by Gasteiger charge is 2.33. The zero-order valence-corrected chi connectivity index (χ0v) is 21.3. The van der Waals surface area contributed by atoms with Crippen molar-refractivity contribution in [3.05, 3.63) is 94.1 Å². The SMILES string of the molecule is CCOC(=O)C1=C(C)N=c2s/c(=C\c3cc(Cl)cc(Cl)c3OC)c(=O)n2[C@@H]1c1ccc(C)cc1. The van der Waals surface area contributed by atoms with Gasteiger partial charge in [0, 0.05) is 10.6 Å². The highest BCUT2D eigenvalue weighted by atomic mass is 35.5. The van der Waals surface area contributed by atoms with E-state index < -0.39 is 12.0 Å². The van der Waals surface area contributed by atoms with Gasteiger partial charge < -0.3 is 9.47 Å². The monoisotopic (exact) mass is 516 g/mol. The summed E-state index contributed by atoms with van der Waals surface area (Å²) in [5.74, 6) is -0.0812. The van der Waals surface area contributed by atoms with Crippen LogP contribution in [0.3, 0.4) is 0 Å². The van der Waals surface area contributed by atoms with Crippen LogP contribution in [0.15, 0.2) is 57.5 Å². The predicted octanol–water partition coefficient (Wildman–Crippen LogP) is 4.42. The maximum Gasteiger partial charge on any atom is 0.338 e. The molecule has 4 rings (SSSR count). The van der Waals surface area contributed by atoms with Crippen LogP contribution in [0.1, 0.15) is 36.6 Å². The number of methoxy groups -OCH3 is 1. The number of carbonyl (C=O) groups is 1. The lowest BCUT2D eigenvalue weighted by Crippen LogP contribution is -2.39. The van der Waals surface area contributed by atoms with Crippen LogP contribution in [0.2, 0.25) is 10.0 Å². The number of thiazole rings is 1. The summed E-state index contributed by atoms with van der Waals surface area (Å²) in [7, 11) is 1.50. The van der Waals surface area contributed by atoms with Crippen molar-refractivity contribution in [2.24, 2.45) is 4.99 Å². The molecule has 0 saturated heterocycles. The molecule has 2 aromatic carbocycles. The fourth-order valence-electron chi connectivity index (χ4n) is 3.90. The predicted molar refractivity (Wildman–Crippen MR) is 135 cm³/mol. The van der Waals surface area contributed by atoms with Crippen molar-refractivity contribution in [3.8, 4) is 5.75 Å². The minimum atomic E-state index is -0.664. The molecule has 0 spiro atoms. The van der Waals surface area contributed by atoms with E-state index >= 15 is 0 Å². The number of allylic oxidation sites excluding steroid dienone is 1. The number of halogens is 2. The standard InChI is InChI=1S/C25H22Cl2N2O4S/c1-5-33-24(31)20-14(3)28-25-29(21(20)15-8-6-13(2)7-9-15)23(30)19(34-25)11-16-10-17(26)12-18(27)22(16)32-4/h6-12,21H,5H2,1-4H3/b19-11-/t21-/m1/s1. The van der Waals surface area contributed by atoms with Crippen molar-refractivity contribution in [1.29, 1.82) is 0 Å². The molecule has 0 N–H and O–H groups in total. The van der Waals surface area contributed by atoms with Gasteiger partial charge in [0.05, 0.1) is 40.6 Å². The van der Waals surface area contributed by atoms with Crippen LogP contribution in [0.5, 0.6) is 5.75 Å². The van der Waals surface area contributed by atoms with Gasteiger partial charge in [0.25, 0.3) is 5.56 Å². The summed E-state index contributed by atoms with van der Waals surface area (Å²) < 4.78 is 12.7. The molecule has 176 valence electrons. The second kappa shape index (κ2) is 9.78. The van der Waals surface area contributed by atoms with Crippen molar-refractivity contribution < 1.29 is 14.3 Å². The molecule has 0 unspecified atom stereocenters. The van der Waals surface area contributed by atoms with Gasteiger partial charge in [-0.2, -0.15) is 0 Å². The Balaban J connectivity index is 1.99. The minimum Gasteiger partial charge on any atom is -0.495 e. The molecule has 0 bridgehead atoms. The maximum atomic E-state index is 13.7. The van der Waals surface area contributed by atoms with E-state index in [0.29, 0.717) is 42.0 Å². The van der Waals surface area contributed by atoms with E-state index in [9.17, 15) is 9.59 Å². The molecule has 0 saturated carbocycles. The van der Waals surface area contributed by atoms with Crippen LogP contribution < -0.4 is 19.6 Å². The van der Waals surface area contributed by atoms with E-state index in [1.54, 1.807) is 36.6 Å². The first kappa shape index (κ1) is 24.3. The van der Waals surface area contributed by atoms with Crippen molar-refractivity contribution in [2.75, 3.05) is 13.7 Å². The maximum absolute atomic E-state index is 13.7. The molecule has 1 atom stereocenters. The van der Waals surface area contributed by atoms with Crippen LogP contribution in [0.4, 0.5) is 0 Å². The molecule has 9 heteroatoms. The first-order chi connectivity index (χ1) is 16.2. The molecule has 3 aromatic rings. The molecule has 1 aliphatic heterocycles. The van der Waals surface area contributed by atoms with Gasteiger partial charge >= 0.3 is 5.97 Å². The number of benzene rings is 2. The van der Waals surface area contributed by atoms with E-state index in [1.807, 2.05) is 31.2 Å². The Kier molecular flexibility index (Phi) is 6.98. The Morgan fingerprint density at radius 2 is 1.91 bits per heavy atom. The van der Waals surface area contributed by atoms with Crippen LogP contribution in [-0.2, 0) is 9.53 Å². The molecule has 6 nitrogen and oxygen atoms in total. The second-order valence-electron chi connectivity index (χ2n) is 7.72. The largest absolute Gasteiger partial charge is 0.495 e. The number of hydrogen-bond donors (Lipinski definition) is 0. The Morgan fingerprint density at radius 1 is 1.21 bits per heavy atom. The number of esters is 1. The molecule has 0 amide bonds. The lowest BCUT2D eigenvalue weighted by molar-refractivity contribution is -0.139. The van der Waals surface area contributed by atoms with Gasteiger partial charge in [0.2, 0.25) is 0 Å². The number of fused-ring (bicyclic) bond motifs is 1. The van der Waals surface area contributed by atoms with Crippen LogP contribution in [-0.4, -0.2) is 24.3 Å². The first-order valence-electron chi connectivity index (χ1n) is 10.5. The van der Waals surface area contributed by atoms with Gasteiger partial charge in [-0.15, -0.1) is 0 Å². The van der Waals surface area contributed by atoms with Crippen LogP contribution in [0.25, 0.3) is 6.08 Å². The zero-order valence-electron chi connectivity index (χ0n) is 19.0. The van der Waals surface area contributed by atoms with E-state index in [1.165, 1.54) is 18.4 Å². The molecular weight excluding hydrogens is 495 g/mol. The third kappa shape index (κ3) is 4.43. The van der Waals surface area contributed by atoms with Gasteiger partial charge in [-0.3, -0.25) is 9.36 Å². The van der Waals surface area contributed by atoms with E-state index in [-0.39, 0.29) is 12.2 Å². The smallest absolute Gasteiger partial charge is 0.338 e. The molecule has 0 radical (unpaired) electrons. The van der Waals surface area contributed by atoms with Gasteiger partial charge in [-0.1, -0.05) is 64.4 Å².